The molecular formula is C18H21N3O3. The van der Waals surface area contributed by atoms with Gasteiger partial charge in [-0.05, 0) is 37.8 Å². The maximum atomic E-state index is 12.3. The lowest BCUT2D eigenvalue weighted by Gasteiger charge is -2.30. The Morgan fingerprint density at radius 1 is 1.04 bits per heavy atom. The molecule has 0 N–H and O–H groups in total. The summed E-state index contributed by atoms with van der Waals surface area (Å²) in [5, 5.41) is 8.36. The summed E-state index contributed by atoms with van der Waals surface area (Å²) in [5.74, 6) is 3.04. The first-order chi connectivity index (χ1) is 11.8. The normalized spacial score (nSPS) is 18.6. The molecule has 1 aromatic carbocycles. The van der Waals surface area contributed by atoms with Crippen molar-refractivity contribution in [1.29, 1.82) is 0 Å². The predicted octanol–water partition coefficient (Wildman–Crippen LogP) is 2.73. The number of piperidine rings is 1. The molecule has 4 rings (SSSR count). The second-order valence-electron chi connectivity index (χ2n) is 6.51. The molecule has 0 unspecified atom stereocenters. The number of benzene rings is 1. The van der Waals surface area contributed by atoms with Gasteiger partial charge in [0.05, 0.1) is 0 Å². The zero-order valence-electron chi connectivity index (χ0n) is 13.6. The van der Waals surface area contributed by atoms with Crippen molar-refractivity contribution < 1.29 is 13.9 Å². The minimum Gasteiger partial charge on any atom is -0.484 e. The molecule has 0 atom stereocenters. The molecule has 6 heteroatoms. The molecule has 1 saturated heterocycles. The highest BCUT2D eigenvalue weighted by Crippen LogP contribution is 2.40. The summed E-state index contributed by atoms with van der Waals surface area (Å²) >= 11 is 0. The van der Waals surface area contributed by atoms with Crippen LogP contribution in [0.1, 0.15) is 49.3 Å². The van der Waals surface area contributed by atoms with Gasteiger partial charge in [-0.2, -0.15) is 0 Å². The first kappa shape index (κ1) is 15.2. The fourth-order valence-corrected chi connectivity index (χ4v) is 3.04. The molecule has 24 heavy (non-hydrogen) atoms. The number of carbonyl (C=O) groups is 1. The Hall–Kier alpha value is -2.37. The summed E-state index contributed by atoms with van der Waals surface area (Å²) in [6.07, 6.45) is 4.05. The van der Waals surface area contributed by atoms with Crippen molar-refractivity contribution in [3.8, 4) is 5.75 Å². The van der Waals surface area contributed by atoms with Gasteiger partial charge in [0, 0.05) is 24.9 Å². The first-order valence-corrected chi connectivity index (χ1v) is 8.58. The fraction of sp³-hybridized carbons (Fsp3) is 0.500. The number of hydrogen-bond donors (Lipinski definition) is 0. The second-order valence-corrected chi connectivity index (χ2v) is 6.51. The van der Waals surface area contributed by atoms with Gasteiger partial charge in [0.15, 0.2) is 6.61 Å². The number of para-hydroxylation sites is 1. The maximum Gasteiger partial charge on any atom is 0.260 e. The minimum absolute atomic E-state index is 0.0292. The van der Waals surface area contributed by atoms with Gasteiger partial charge in [-0.25, -0.2) is 0 Å². The summed E-state index contributed by atoms with van der Waals surface area (Å²) in [5.41, 5.74) is 0. The van der Waals surface area contributed by atoms with Crippen LogP contribution in [0.5, 0.6) is 5.75 Å². The molecule has 1 amide bonds. The maximum absolute atomic E-state index is 12.3. The highest BCUT2D eigenvalue weighted by Gasteiger charge is 2.32. The third-order valence-electron chi connectivity index (χ3n) is 4.69. The van der Waals surface area contributed by atoms with Crippen molar-refractivity contribution in [2.45, 2.75) is 37.5 Å². The molecule has 6 nitrogen and oxygen atoms in total. The Labute approximate surface area is 140 Å². The lowest BCUT2D eigenvalue weighted by Crippen LogP contribution is -2.40. The Morgan fingerprint density at radius 2 is 1.67 bits per heavy atom. The number of aromatic nitrogens is 2. The Balaban J connectivity index is 1.26. The molecule has 1 aliphatic heterocycles. The zero-order valence-corrected chi connectivity index (χ0v) is 13.6. The van der Waals surface area contributed by atoms with Crippen LogP contribution in [-0.4, -0.2) is 40.7 Å². The minimum atomic E-state index is 0.0292. The van der Waals surface area contributed by atoms with Crippen molar-refractivity contribution >= 4 is 5.91 Å². The van der Waals surface area contributed by atoms with Crippen molar-refractivity contribution in [1.82, 2.24) is 15.1 Å². The molecule has 2 heterocycles. The van der Waals surface area contributed by atoms with E-state index in [1.165, 1.54) is 0 Å². The van der Waals surface area contributed by atoms with E-state index in [0.717, 1.165) is 43.2 Å². The molecular weight excluding hydrogens is 306 g/mol. The van der Waals surface area contributed by atoms with Crippen LogP contribution in [-0.2, 0) is 4.79 Å². The van der Waals surface area contributed by atoms with E-state index in [1.54, 1.807) is 0 Å². The summed E-state index contributed by atoms with van der Waals surface area (Å²) in [6, 6.07) is 9.42. The van der Waals surface area contributed by atoms with Crippen LogP contribution < -0.4 is 4.74 Å². The van der Waals surface area contributed by atoms with Gasteiger partial charge in [0.2, 0.25) is 11.8 Å². The Bertz CT molecular complexity index is 689. The molecule has 1 aliphatic carbocycles. The third-order valence-corrected chi connectivity index (χ3v) is 4.69. The van der Waals surface area contributed by atoms with Gasteiger partial charge >= 0.3 is 0 Å². The molecule has 0 bridgehead atoms. The average Bonchev–Trinajstić information content (AvgIpc) is 3.38. The Morgan fingerprint density at radius 3 is 2.29 bits per heavy atom. The number of hydrogen-bond acceptors (Lipinski definition) is 5. The van der Waals surface area contributed by atoms with E-state index in [0.29, 0.717) is 19.0 Å². The first-order valence-electron chi connectivity index (χ1n) is 8.58. The van der Waals surface area contributed by atoms with Crippen molar-refractivity contribution in [2.75, 3.05) is 19.7 Å². The van der Waals surface area contributed by atoms with E-state index in [2.05, 4.69) is 10.2 Å². The van der Waals surface area contributed by atoms with E-state index in [9.17, 15) is 4.79 Å². The highest BCUT2D eigenvalue weighted by atomic mass is 16.5. The van der Waals surface area contributed by atoms with Gasteiger partial charge in [0.1, 0.15) is 5.75 Å². The molecule has 1 saturated carbocycles. The van der Waals surface area contributed by atoms with Crippen LogP contribution in [0.4, 0.5) is 0 Å². The number of nitrogens with zero attached hydrogens (tertiary/aromatic N) is 3. The Kier molecular flexibility index (Phi) is 4.19. The lowest BCUT2D eigenvalue weighted by atomic mass is 9.97. The summed E-state index contributed by atoms with van der Waals surface area (Å²) < 4.78 is 11.3. The summed E-state index contributed by atoms with van der Waals surface area (Å²) in [6.45, 7) is 1.51. The zero-order chi connectivity index (χ0) is 16.4. The lowest BCUT2D eigenvalue weighted by molar-refractivity contribution is -0.134. The predicted molar refractivity (Wildman–Crippen MR) is 86.8 cm³/mol. The number of carbonyl (C=O) groups excluding carboxylic acids is 1. The van der Waals surface area contributed by atoms with Gasteiger partial charge in [-0.15, -0.1) is 10.2 Å². The second kappa shape index (κ2) is 6.63. The van der Waals surface area contributed by atoms with Gasteiger partial charge < -0.3 is 14.1 Å². The van der Waals surface area contributed by atoms with E-state index in [1.807, 2.05) is 35.2 Å². The molecule has 1 aromatic heterocycles. The van der Waals surface area contributed by atoms with Crippen LogP contribution in [0.25, 0.3) is 0 Å². The van der Waals surface area contributed by atoms with Gasteiger partial charge in [-0.3, -0.25) is 4.79 Å². The molecule has 0 radical (unpaired) electrons. The van der Waals surface area contributed by atoms with E-state index in [4.69, 9.17) is 9.15 Å². The van der Waals surface area contributed by atoms with Crippen molar-refractivity contribution in [3.63, 3.8) is 0 Å². The smallest absolute Gasteiger partial charge is 0.260 e. The number of amides is 1. The highest BCUT2D eigenvalue weighted by molar-refractivity contribution is 5.77. The average molecular weight is 327 g/mol. The fourth-order valence-electron chi connectivity index (χ4n) is 3.04. The van der Waals surface area contributed by atoms with E-state index in [-0.39, 0.29) is 18.4 Å². The van der Waals surface area contributed by atoms with Crippen LogP contribution in [0.3, 0.4) is 0 Å². The molecule has 0 spiro atoms. The van der Waals surface area contributed by atoms with Crippen LogP contribution in [0.15, 0.2) is 34.7 Å². The monoisotopic (exact) mass is 327 g/mol. The summed E-state index contributed by atoms with van der Waals surface area (Å²) in [7, 11) is 0. The van der Waals surface area contributed by atoms with Gasteiger partial charge in [-0.1, -0.05) is 18.2 Å². The molecule has 2 aliphatic rings. The number of ether oxygens (including phenoxy) is 1. The molecule has 2 fully saturated rings. The van der Waals surface area contributed by atoms with E-state index < -0.39 is 0 Å². The molecule has 126 valence electrons. The van der Waals surface area contributed by atoms with Crippen molar-refractivity contribution in [2.24, 2.45) is 0 Å². The van der Waals surface area contributed by atoms with Crippen LogP contribution >= 0.6 is 0 Å². The topological polar surface area (TPSA) is 68.5 Å². The van der Waals surface area contributed by atoms with E-state index >= 15 is 0 Å². The quantitative estimate of drug-likeness (QED) is 0.844. The van der Waals surface area contributed by atoms with Crippen LogP contribution in [0.2, 0.25) is 0 Å². The molecule has 2 aromatic rings. The third kappa shape index (κ3) is 3.42. The van der Waals surface area contributed by atoms with Gasteiger partial charge in [0.25, 0.3) is 5.91 Å². The van der Waals surface area contributed by atoms with Crippen LogP contribution in [0, 0.1) is 0 Å². The standard InChI is InChI=1S/C18H21N3O3/c22-16(12-23-15-4-2-1-3-5-15)21-10-8-14(9-11-21)18-20-19-17(24-18)13-6-7-13/h1-5,13-14H,6-12H2. The largest absolute Gasteiger partial charge is 0.484 e. The SMILES string of the molecule is O=C(COc1ccccc1)N1CCC(c2nnc(C3CC3)o2)CC1. The van der Waals surface area contributed by atoms with Crippen molar-refractivity contribution in [3.05, 3.63) is 42.1 Å². The number of likely N-dealkylation sites (tertiary alicyclic amines) is 1. The summed E-state index contributed by atoms with van der Waals surface area (Å²) in [4.78, 5) is 14.1. The number of rotatable bonds is 5.